The lowest BCUT2D eigenvalue weighted by atomic mass is 10.2. The number of hydrogen-bond donors (Lipinski definition) is 0. The van der Waals surface area contributed by atoms with Crippen molar-refractivity contribution in [2.24, 2.45) is 0 Å². The predicted molar refractivity (Wildman–Crippen MR) is 74.0 cm³/mol. The van der Waals surface area contributed by atoms with Gasteiger partial charge in [-0.05, 0) is 41.3 Å². The van der Waals surface area contributed by atoms with Crippen molar-refractivity contribution in [3.63, 3.8) is 0 Å². The maximum absolute atomic E-state index is 6.12. The Morgan fingerprint density at radius 3 is 2.00 bits per heavy atom. The van der Waals surface area contributed by atoms with Gasteiger partial charge >= 0.3 is 0 Å². The highest BCUT2D eigenvalue weighted by Gasteiger charge is 2.26. The van der Waals surface area contributed by atoms with E-state index in [1.165, 1.54) is 0 Å². The number of rotatable bonds is 7. The monoisotopic (exact) mass is 268 g/mol. The lowest BCUT2D eigenvalue weighted by Crippen LogP contribution is -2.31. The van der Waals surface area contributed by atoms with Crippen molar-refractivity contribution in [1.29, 1.82) is 0 Å². The van der Waals surface area contributed by atoms with Crippen LogP contribution in [0.3, 0.4) is 0 Å². The second-order valence-electron chi connectivity index (χ2n) is 4.91. The van der Waals surface area contributed by atoms with Gasteiger partial charge in [-0.25, -0.2) is 4.67 Å². The Balaban J connectivity index is 4.49. The largest absolute Gasteiger partial charge is 0.326 e. The summed E-state index contributed by atoms with van der Waals surface area (Å²) >= 11 is 5.79. The standard InChI is InChI=1S/C11H26ClN2OP/c1-7-9-13(5)16(14(6)10-8-12)15-11(2,3)4/h7-10H2,1-6H3. The van der Waals surface area contributed by atoms with Crippen LogP contribution in [0.1, 0.15) is 34.1 Å². The van der Waals surface area contributed by atoms with E-state index in [2.05, 4.69) is 51.1 Å². The summed E-state index contributed by atoms with van der Waals surface area (Å²) in [6.45, 7) is 10.4. The topological polar surface area (TPSA) is 15.7 Å². The molecule has 0 saturated heterocycles. The second kappa shape index (κ2) is 7.84. The van der Waals surface area contributed by atoms with E-state index in [1.54, 1.807) is 0 Å². The Labute approximate surface area is 107 Å². The summed E-state index contributed by atoms with van der Waals surface area (Å²) in [5, 5.41) is 0. The molecule has 0 radical (unpaired) electrons. The van der Waals surface area contributed by atoms with Gasteiger partial charge in [0.05, 0.1) is 5.60 Å². The quantitative estimate of drug-likeness (QED) is 0.519. The van der Waals surface area contributed by atoms with Crippen LogP contribution < -0.4 is 0 Å². The summed E-state index contributed by atoms with van der Waals surface area (Å²) < 4.78 is 10.6. The van der Waals surface area contributed by atoms with E-state index < -0.39 is 8.45 Å². The number of alkyl halides is 1. The van der Waals surface area contributed by atoms with Gasteiger partial charge in [0.15, 0.2) is 8.45 Å². The van der Waals surface area contributed by atoms with Crippen molar-refractivity contribution in [3.8, 4) is 0 Å². The molecule has 0 aromatic heterocycles. The van der Waals surface area contributed by atoms with Crippen LogP contribution in [-0.4, -0.2) is 48.0 Å². The molecule has 0 spiro atoms. The van der Waals surface area contributed by atoms with Gasteiger partial charge in [0.2, 0.25) is 0 Å². The van der Waals surface area contributed by atoms with Crippen molar-refractivity contribution in [3.05, 3.63) is 0 Å². The minimum Gasteiger partial charge on any atom is -0.326 e. The fourth-order valence-electron chi connectivity index (χ4n) is 1.26. The molecule has 0 aliphatic carbocycles. The van der Waals surface area contributed by atoms with Crippen molar-refractivity contribution in [2.45, 2.75) is 39.7 Å². The Bertz CT molecular complexity index is 175. The van der Waals surface area contributed by atoms with Gasteiger partial charge in [-0.3, -0.25) is 4.67 Å². The lowest BCUT2D eigenvalue weighted by molar-refractivity contribution is 0.124. The first-order chi connectivity index (χ1) is 7.31. The van der Waals surface area contributed by atoms with Crippen molar-refractivity contribution in [1.82, 2.24) is 9.34 Å². The highest BCUT2D eigenvalue weighted by Crippen LogP contribution is 2.46. The molecule has 0 amide bonds. The molecule has 1 atom stereocenters. The van der Waals surface area contributed by atoms with Crippen LogP contribution in [0, 0.1) is 0 Å². The van der Waals surface area contributed by atoms with Crippen LogP contribution in [0.25, 0.3) is 0 Å². The Kier molecular flexibility index (Phi) is 8.13. The molecule has 0 aromatic carbocycles. The van der Waals surface area contributed by atoms with E-state index in [1.807, 2.05) is 0 Å². The number of halogens is 1. The molecule has 16 heavy (non-hydrogen) atoms. The Hall–Kier alpha value is 0.600. The first-order valence-corrected chi connectivity index (χ1v) is 7.49. The van der Waals surface area contributed by atoms with Gasteiger partial charge in [0.1, 0.15) is 0 Å². The zero-order valence-corrected chi connectivity index (χ0v) is 13.1. The molecule has 0 aromatic rings. The molecule has 1 unspecified atom stereocenters. The first-order valence-electron chi connectivity index (χ1n) is 5.79. The van der Waals surface area contributed by atoms with Crippen LogP contribution in [0.5, 0.6) is 0 Å². The molecule has 0 aliphatic heterocycles. The zero-order valence-electron chi connectivity index (χ0n) is 11.5. The third kappa shape index (κ3) is 7.03. The molecule has 3 nitrogen and oxygen atoms in total. The van der Waals surface area contributed by atoms with Crippen LogP contribution in [0.4, 0.5) is 0 Å². The molecule has 0 N–H and O–H groups in total. The van der Waals surface area contributed by atoms with Crippen molar-refractivity contribution >= 4 is 20.1 Å². The minimum absolute atomic E-state index is 0.117. The predicted octanol–water partition coefficient (Wildman–Crippen LogP) is 3.54. The summed E-state index contributed by atoms with van der Waals surface area (Å²) in [5.74, 6) is 0.642. The molecule has 0 bridgehead atoms. The molecule has 5 heteroatoms. The van der Waals surface area contributed by atoms with Gasteiger partial charge in [-0.2, -0.15) is 0 Å². The average molecular weight is 269 g/mol. The molecule has 0 heterocycles. The summed E-state index contributed by atoms with van der Waals surface area (Å²) in [6.07, 6.45) is 1.14. The molecule has 98 valence electrons. The Morgan fingerprint density at radius 2 is 1.62 bits per heavy atom. The van der Waals surface area contributed by atoms with E-state index >= 15 is 0 Å². The molecule has 0 saturated carbocycles. The summed E-state index contributed by atoms with van der Waals surface area (Å²) in [6, 6.07) is 0. The molecular formula is C11H26ClN2OP. The number of hydrogen-bond acceptors (Lipinski definition) is 3. The molecule has 0 rings (SSSR count). The van der Waals surface area contributed by atoms with E-state index in [0.29, 0.717) is 5.88 Å². The Morgan fingerprint density at radius 1 is 1.12 bits per heavy atom. The fourth-order valence-corrected chi connectivity index (χ4v) is 3.57. The minimum atomic E-state index is -0.701. The molecular weight excluding hydrogens is 243 g/mol. The van der Waals surface area contributed by atoms with E-state index in [9.17, 15) is 0 Å². The van der Waals surface area contributed by atoms with Crippen LogP contribution in [0.2, 0.25) is 0 Å². The van der Waals surface area contributed by atoms with Gasteiger partial charge < -0.3 is 4.52 Å². The third-order valence-corrected chi connectivity index (χ3v) is 4.34. The highest BCUT2D eigenvalue weighted by molar-refractivity contribution is 7.47. The van der Waals surface area contributed by atoms with Gasteiger partial charge in [0.25, 0.3) is 0 Å². The van der Waals surface area contributed by atoms with E-state index in [0.717, 1.165) is 19.5 Å². The first kappa shape index (κ1) is 16.6. The van der Waals surface area contributed by atoms with E-state index in [-0.39, 0.29) is 5.60 Å². The number of nitrogens with zero attached hydrogens (tertiary/aromatic N) is 2. The highest BCUT2D eigenvalue weighted by atomic mass is 35.5. The van der Waals surface area contributed by atoms with E-state index in [4.69, 9.17) is 16.1 Å². The summed E-state index contributed by atoms with van der Waals surface area (Å²) in [4.78, 5) is 0. The van der Waals surface area contributed by atoms with Gasteiger partial charge in [-0.15, -0.1) is 11.6 Å². The summed E-state index contributed by atoms with van der Waals surface area (Å²) in [5.41, 5.74) is -0.117. The van der Waals surface area contributed by atoms with Crippen LogP contribution in [0.15, 0.2) is 0 Å². The SMILES string of the molecule is CCCN(C)P(OC(C)(C)C)N(C)CCCl. The van der Waals surface area contributed by atoms with Crippen LogP contribution >= 0.6 is 20.1 Å². The third-order valence-electron chi connectivity index (χ3n) is 1.89. The average Bonchev–Trinajstić information content (AvgIpc) is 2.13. The van der Waals surface area contributed by atoms with Crippen molar-refractivity contribution < 1.29 is 4.52 Å². The maximum atomic E-state index is 6.12. The van der Waals surface area contributed by atoms with Crippen molar-refractivity contribution in [2.75, 3.05) is 33.1 Å². The zero-order chi connectivity index (χ0) is 12.8. The maximum Gasteiger partial charge on any atom is 0.187 e. The molecule has 0 fully saturated rings. The normalized spacial score (nSPS) is 14.8. The second-order valence-corrected chi connectivity index (χ2v) is 7.34. The van der Waals surface area contributed by atoms with Crippen LogP contribution in [-0.2, 0) is 4.52 Å². The van der Waals surface area contributed by atoms with Gasteiger partial charge in [-0.1, -0.05) is 6.92 Å². The summed E-state index contributed by atoms with van der Waals surface area (Å²) in [7, 11) is 3.49. The molecule has 0 aliphatic rings. The van der Waals surface area contributed by atoms with Gasteiger partial charge in [0, 0.05) is 19.0 Å². The lowest BCUT2D eigenvalue weighted by Gasteiger charge is -2.37. The fraction of sp³-hybridized carbons (Fsp3) is 1.00. The smallest absolute Gasteiger partial charge is 0.187 e.